The Morgan fingerprint density at radius 3 is 2.63 bits per heavy atom. The molecule has 3 rings (SSSR count). The Morgan fingerprint density at radius 1 is 1.05 bits per heavy atom. The zero-order chi connectivity index (χ0) is 13.2. The highest BCUT2D eigenvalue weighted by Crippen LogP contribution is 2.16. The minimum atomic E-state index is 0.518. The van der Waals surface area contributed by atoms with Gasteiger partial charge in [0, 0.05) is 12.1 Å². The van der Waals surface area contributed by atoms with Crippen molar-refractivity contribution in [3.05, 3.63) is 35.7 Å². The molecule has 0 radical (unpaired) electrons. The van der Waals surface area contributed by atoms with Crippen LogP contribution < -0.4 is 11.5 Å². The lowest BCUT2D eigenvalue weighted by molar-refractivity contribution is 0.737. The molecule has 3 aromatic rings. The summed E-state index contributed by atoms with van der Waals surface area (Å²) in [6.45, 7) is 0. The summed E-state index contributed by atoms with van der Waals surface area (Å²) in [5, 5.41) is 12.9. The standard InChI is InChI=1S/C12H14N6S/c13-9-6-4-8(5-7-9)2-1-3-10-15-16-12-18(10)17-11(14)19-12/h4-7H,1-3,13H2,(H2,14,17). The molecular formula is C12H14N6S. The van der Waals surface area contributed by atoms with E-state index in [1.165, 1.54) is 16.9 Å². The molecule has 2 aromatic heterocycles. The average Bonchev–Trinajstić information content (AvgIpc) is 2.92. The highest BCUT2D eigenvalue weighted by Gasteiger charge is 2.09. The van der Waals surface area contributed by atoms with Gasteiger partial charge in [0.25, 0.3) is 0 Å². The predicted octanol–water partition coefficient (Wildman–Crippen LogP) is 1.53. The van der Waals surface area contributed by atoms with Gasteiger partial charge in [-0.15, -0.1) is 15.3 Å². The minimum Gasteiger partial charge on any atom is -0.399 e. The Morgan fingerprint density at radius 2 is 1.84 bits per heavy atom. The molecule has 0 atom stereocenters. The molecule has 0 unspecified atom stereocenters. The van der Waals surface area contributed by atoms with Crippen molar-refractivity contribution in [2.45, 2.75) is 19.3 Å². The van der Waals surface area contributed by atoms with Crippen LogP contribution in [-0.4, -0.2) is 19.8 Å². The van der Waals surface area contributed by atoms with Gasteiger partial charge in [-0.2, -0.15) is 4.52 Å². The van der Waals surface area contributed by atoms with Gasteiger partial charge in [0.05, 0.1) is 0 Å². The zero-order valence-corrected chi connectivity index (χ0v) is 11.1. The molecule has 0 saturated carbocycles. The van der Waals surface area contributed by atoms with Crippen molar-refractivity contribution in [2.75, 3.05) is 11.5 Å². The van der Waals surface area contributed by atoms with Gasteiger partial charge in [0.1, 0.15) is 0 Å². The number of rotatable bonds is 4. The van der Waals surface area contributed by atoms with E-state index in [2.05, 4.69) is 27.4 Å². The molecular weight excluding hydrogens is 260 g/mol. The first kappa shape index (κ1) is 11.9. The lowest BCUT2D eigenvalue weighted by Crippen LogP contribution is -1.98. The van der Waals surface area contributed by atoms with Crippen LogP contribution in [0.15, 0.2) is 24.3 Å². The minimum absolute atomic E-state index is 0.518. The summed E-state index contributed by atoms with van der Waals surface area (Å²) < 4.78 is 1.73. The van der Waals surface area contributed by atoms with Gasteiger partial charge in [-0.1, -0.05) is 23.5 Å². The maximum atomic E-state index is 5.66. The fourth-order valence-corrected chi connectivity index (χ4v) is 2.59. The lowest BCUT2D eigenvalue weighted by Gasteiger charge is -2.01. The first-order valence-corrected chi connectivity index (χ1v) is 6.85. The summed E-state index contributed by atoms with van der Waals surface area (Å²) in [7, 11) is 0. The summed E-state index contributed by atoms with van der Waals surface area (Å²) in [5.74, 6) is 0.860. The predicted molar refractivity (Wildman–Crippen MR) is 76.0 cm³/mol. The van der Waals surface area contributed by atoms with Gasteiger partial charge < -0.3 is 11.5 Å². The van der Waals surface area contributed by atoms with E-state index in [-0.39, 0.29) is 0 Å². The van der Waals surface area contributed by atoms with Crippen LogP contribution in [-0.2, 0) is 12.8 Å². The number of anilines is 2. The fourth-order valence-electron chi connectivity index (χ4n) is 1.96. The van der Waals surface area contributed by atoms with E-state index >= 15 is 0 Å². The van der Waals surface area contributed by atoms with Crippen molar-refractivity contribution in [1.29, 1.82) is 0 Å². The van der Waals surface area contributed by atoms with Gasteiger partial charge in [-0.3, -0.25) is 0 Å². The van der Waals surface area contributed by atoms with E-state index in [1.807, 2.05) is 12.1 Å². The van der Waals surface area contributed by atoms with E-state index in [0.717, 1.165) is 35.7 Å². The topological polar surface area (TPSA) is 95.1 Å². The van der Waals surface area contributed by atoms with Gasteiger partial charge in [0.2, 0.25) is 10.1 Å². The molecule has 6 nitrogen and oxygen atoms in total. The SMILES string of the molecule is Nc1ccc(CCCc2nnc3sc(N)nn23)cc1. The molecule has 0 spiro atoms. The van der Waals surface area contributed by atoms with Crippen molar-refractivity contribution >= 4 is 27.1 Å². The van der Waals surface area contributed by atoms with Gasteiger partial charge >= 0.3 is 0 Å². The number of hydrogen-bond donors (Lipinski definition) is 2. The second-order valence-corrected chi connectivity index (χ2v) is 5.33. The number of hydrogen-bond acceptors (Lipinski definition) is 6. The summed E-state index contributed by atoms with van der Waals surface area (Å²) in [5.41, 5.74) is 13.4. The third-order valence-electron chi connectivity index (χ3n) is 2.92. The molecule has 0 aliphatic carbocycles. The van der Waals surface area contributed by atoms with Gasteiger partial charge in [0.15, 0.2) is 5.82 Å². The Bertz CT molecular complexity index is 684. The van der Waals surface area contributed by atoms with Crippen LogP contribution >= 0.6 is 11.3 Å². The molecule has 4 N–H and O–H groups in total. The molecule has 0 saturated heterocycles. The van der Waals surface area contributed by atoms with Crippen LogP contribution in [0, 0.1) is 0 Å². The first-order chi connectivity index (χ1) is 9.22. The third kappa shape index (κ3) is 2.50. The second-order valence-electron chi connectivity index (χ2n) is 4.35. The average molecular weight is 274 g/mol. The van der Waals surface area contributed by atoms with Crippen molar-refractivity contribution in [3.63, 3.8) is 0 Å². The molecule has 7 heteroatoms. The van der Waals surface area contributed by atoms with E-state index in [9.17, 15) is 0 Å². The highest BCUT2D eigenvalue weighted by atomic mass is 32.1. The molecule has 0 aliphatic heterocycles. The Kier molecular flexibility index (Phi) is 3.04. The van der Waals surface area contributed by atoms with E-state index in [1.54, 1.807) is 4.52 Å². The van der Waals surface area contributed by atoms with Crippen molar-refractivity contribution in [3.8, 4) is 0 Å². The van der Waals surface area contributed by atoms with E-state index < -0.39 is 0 Å². The number of nitrogens with two attached hydrogens (primary N) is 2. The van der Waals surface area contributed by atoms with E-state index in [0.29, 0.717) is 5.13 Å². The van der Waals surface area contributed by atoms with Crippen LogP contribution in [0.4, 0.5) is 10.8 Å². The number of aryl methyl sites for hydroxylation is 2. The molecule has 2 heterocycles. The zero-order valence-electron chi connectivity index (χ0n) is 10.3. The largest absolute Gasteiger partial charge is 0.399 e. The molecule has 98 valence electrons. The fraction of sp³-hybridized carbons (Fsp3) is 0.250. The Hall–Kier alpha value is -2.15. The molecule has 0 bridgehead atoms. The van der Waals surface area contributed by atoms with Crippen LogP contribution in [0.2, 0.25) is 0 Å². The maximum Gasteiger partial charge on any atom is 0.236 e. The first-order valence-electron chi connectivity index (χ1n) is 6.03. The molecule has 0 fully saturated rings. The Balaban J connectivity index is 1.64. The van der Waals surface area contributed by atoms with Crippen molar-refractivity contribution in [1.82, 2.24) is 19.8 Å². The third-order valence-corrected chi connectivity index (χ3v) is 3.64. The normalized spacial score (nSPS) is 11.2. The number of nitrogens with zero attached hydrogens (tertiary/aromatic N) is 4. The maximum absolute atomic E-state index is 5.66. The second kappa shape index (κ2) is 4.85. The van der Waals surface area contributed by atoms with Gasteiger partial charge in [-0.25, -0.2) is 0 Å². The molecule has 0 amide bonds. The smallest absolute Gasteiger partial charge is 0.236 e. The van der Waals surface area contributed by atoms with Crippen LogP contribution in [0.1, 0.15) is 17.8 Å². The van der Waals surface area contributed by atoms with Crippen molar-refractivity contribution < 1.29 is 0 Å². The molecule has 1 aromatic carbocycles. The monoisotopic (exact) mass is 274 g/mol. The quantitative estimate of drug-likeness (QED) is 0.703. The Labute approximate surface area is 114 Å². The van der Waals surface area contributed by atoms with Crippen LogP contribution in [0.3, 0.4) is 0 Å². The molecule has 0 aliphatic rings. The summed E-state index contributed by atoms with van der Waals surface area (Å²) >= 11 is 1.35. The summed E-state index contributed by atoms with van der Waals surface area (Å²) in [6, 6.07) is 7.95. The number of aromatic nitrogens is 4. The van der Waals surface area contributed by atoms with Gasteiger partial charge in [-0.05, 0) is 30.5 Å². The van der Waals surface area contributed by atoms with E-state index in [4.69, 9.17) is 11.5 Å². The number of benzene rings is 1. The number of nitrogen functional groups attached to an aromatic ring is 2. The number of fused-ring (bicyclic) bond motifs is 1. The molecule has 19 heavy (non-hydrogen) atoms. The van der Waals surface area contributed by atoms with Crippen molar-refractivity contribution in [2.24, 2.45) is 0 Å². The van der Waals surface area contributed by atoms with Crippen LogP contribution in [0.25, 0.3) is 4.96 Å². The highest BCUT2D eigenvalue weighted by molar-refractivity contribution is 7.20. The summed E-state index contributed by atoms with van der Waals surface area (Å²) in [4.78, 5) is 0.750. The summed E-state index contributed by atoms with van der Waals surface area (Å²) in [6.07, 6.45) is 2.80. The lowest BCUT2D eigenvalue weighted by atomic mass is 10.1. The van der Waals surface area contributed by atoms with Crippen LogP contribution in [0.5, 0.6) is 0 Å².